The van der Waals surface area contributed by atoms with Gasteiger partial charge in [-0.2, -0.15) is 5.10 Å². The van der Waals surface area contributed by atoms with Crippen molar-refractivity contribution in [3.8, 4) is 0 Å². The second-order valence-electron chi connectivity index (χ2n) is 4.54. The van der Waals surface area contributed by atoms with Crippen LogP contribution in [0.1, 0.15) is 16.7 Å². The topological polar surface area (TPSA) is 87.6 Å². The maximum absolute atomic E-state index is 8.82. The van der Waals surface area contributed by atoms with E-state index >= 15 is 0 Å². The summed E-state index contributed by atoms with van der Waals surface area (Å²) in [6, 6.07) is 9.79. The van der Waals surface area contributed by atoms with Gasteiger partial charge < -0.3 is 15.8 Å². The van der Waals surface area contributed by atoms with E-state index < -0.39 is 0 Å². The Kier molecular flexibility index (Phi) is 4.14. The molecule has 1 aromatic carbocycles. The van der Waals surface area contributed by atoms with Crippen molar-refractivity contribution >= 4 is 11.7 Å². The van der Waals surface area contributed by atoms with Crippen LogP contribution in [0.25, 0.3) is 0 Å². The molecule has 0 unspecified atom stereocenters. The number of oxime groups is 1. The lowest BCUT2D eigenvalue weighted by Crippen LogP contribution is -2.24. The van der Waals surface area contributed by atoms with E-state index in [0.717, 1.165) is 0 Å². The quantitative estimate of drug-likeness (QED) is 0.381. The summed E-state index contributed by atoms with van der Waals surface area (Å²) in [7, 11) is 1.89. The summed E-state index contributed by atoms with van der Waals surface area (Å²) in [6.07, 6.45) is 1.51. The maximum atomic E-state index is 8.82. The third-order valence-corrected chi connectivity index (χ3v) is 3.12. The number of hydrogen-bond acceptors (Lipinski definition) is 5. The van der Waals surface area contributed by atoms with Crippen LogP contribution >= 0.6 is 0 Å². The SMILES string of the molecule is Cc1ccccc1CN(C)c1nnccc1/C(N)=N/O. The molecule has 0 saturated carbocycles. The van der Waals surface area contributed by atoms with Crippen molar-refractivity contribution in [3.63, 3.8) is 0 Å². The van der Waals surface area contributed by atoms with Crippen LogP contribution in [-0.4, -0.2) is 28.3 Å². The van der Waals surface area contributed by atoms with Crippen molar-refractivity contribution in [1.82, 2.24) is 10.2 Å². The van der Waals surface area contributed by atoms with E-state index in [0.29, 0.717) is 17.9 Å². The van der Waals surface area contributed by atoms with Crippen LogP contribution in [0.5, 0.6) is 0 Å². The Morgan fingerprint density at radius 1 is 1.35 bits per heavy atom. The molecule has 0 radical (unpaired) electrons. The van der Waals surface area contributed by atoms with E-state index in [9.17, 15) is 0 Å². The Morgan fingerprint density at radius 3 is 2.80 bits per heavy atom. The lowest BCUT2D eigenvalue weighted by molar-refractivity contribution is 0.318. The highest BCUT2D eigenvalue weighted by Gasteiger charge is 2.13. The van der Waals surface area contributed by atoms with E-state index in [2.05, 4.69) is 34.4 Å². The predicted octanol–water partition coefficient (Wildman–Crippen LogP) is 1.52. The fourth-order valence-corrected chi connectivity index (χ4v) is 1.98. The van der Waals surface area contributed by atoms with Crippen molar-refractivity contribution in [2.75, 3.05) is 11.9 Å². The normalized spacial score (nSPS) is 11.4. The van der Waals surface area contributed by atoms with Crippen LogP contribution in [0.4, 0.5) is 5.82 Å². The fourth-order valence-electron chi connectivity index (χ4n) is 1.98. The summed E-state index contributed by atoms with van der Waals surface area (Å²) in [5.74, 6) is 0.595. The fraction of sp³-hybridized carbons (Fsp3) is 0.214. The average Bonchev–Trinajstić information content (AvgIpc) is 2.48. The molecule has 6 heteroatoms. The van der Waals surface area contributed by atoms with Gasteiger partial charge in [-0.3, -0.25) is 0 Å². The van der Waals surface area contributed by atoms with Crippen molar-refractivity contribution in [1.29, 1.82) is 0 Å². The zero-order chi connectivity index (χ0) is 14.5. The molecule has 2 aromatic rings. The summed E-state index contributed by atoms with van der Waals surface area (Å²) in [5.41, 5.74) is 8.60. The number of amidine groups is 1. The molecule has 0 fully saturated rings. The summed E-state index contributed by atoms with van der Waals surface area (Å²) >= 11 is 0. The average molecular weight is 271 g/mol. The molecule has 0 saturated heterocycles. The van der Waals surface area contributed by atoms with Gasteiger partial charge in [-0.15, -0.1) is 5.10 Å². The summed E-state index contributed by atoms with van der Waals surface area (Å²) in [5, 5.41) is 19.8. The minimum atomic E-state index is 0.0199. The zero-order valence-corrected chi connectivity index (χ0v) is 11.5. The molecule has 1 aromatic heterocycles. The van der Waals surface area contributed by atoms with E-state index in [1.807, 2.05) is 24.1 Å². The van der Waals surface area contributed by atoms with Crippen LogP contribution in [-0.2, 0) is 6.54 Å². The molecule has 0 bridgehead atoms. The number of anilines is 1. The monoisotopic (exact) mass is 271 g/mol. The van der Waals surface area contributed by atoms with Crippen LogP contribution in [0, 0.1) is 6.92 Å². The van der Waals surface area contributed by atoms with Crippen LogP contribution in [0.15, 0.2) is 41.7 Å². The standard InChI is InChI=1S/C14H17N5O/c1-10-5-3-4-6-11(10)9-19(2)14-12(13(15)18-20)7-8-16-17-14/h3-8,20H,9H2,1-2H3,(H2,15,18). The molecular formula is C14H17N5O. The molecule has 3 N–H and O–H groups in total. The van der Waals surface area contributed by atoms with Crippen molar-refractivity contribution in [2.45, 2.75) is 13.5 Å². The second kappa shape index (κ2) is 6.01. The summed E-state index contributed by atoms with van der Waals surface area (Å²) in [6.45, 7) is 2.72. The molecule has 2 rings (SSSR count). The third kappa shape index (κ3) is 2.85. The van der Waals surface area contributed by atoms with Gasteiger partial charge in [-0.25, -0.2) is 0 Å². The number of nitrogens with zero attached hydrogens (tertiary/aromatic N) is 4. The van der Waals surface area contributed by atoms with Gasteiger partial charge in [0.2, 0.25) is 0 Å². The highest BCUT2D eigenvalue weighted by atomic mass is 16.4. The van der Waals surface area contributed by atoms with Gasteiger partial charge in [0.15, 0.2) is 11.7 Å². The Morgan fingerprint density at radius 2 is 2.10 bits per heavy atom. The van der Waals surface area contributed by atoms with Crippen LogP contribution in [0.3, 0.4) is 0 Å². The Labute approximate surface area is 117 Å². The molecule has 0 aliphatic heterocycles. The molecular weight excluding hydrogens is 254 g/mol. The number of nitrogens with two attached hydrogens (primary N) is 1. The van der Waals surface area contributed by atoms with Crippen molar-refractivity contribution in [3.05, 3.63) is 53.2 Å². The molecule has 104 valence electrons. The first kappa shape index (κ1) is 13.8. The minimum Gasteiger partial charge on any atom is -0.409 e. The number of aromatic nitrogens is 2. The largest absolute Gasteiger partial charge is 0.409 e. The van der Waals surface area contributed by atoms with Gasteiger partial charge >= 0.3 is 0 Å². The second-order valence-corrected chi connectivity index (χ2v) is 4.54. The number of rotatable bonds is 4. The molecule has 0 amide bonds. The van der Waals surface area contributed by atoms with E-state index in [-0.39, 0.29) is 5.84 Å². The lowest BCUT2D eigenvalue weighted by atomic mass is 10.1. The van der Waals surface area contributed by atoms with Crippen molar-refractivity contribution in [2.24, 2.45) is 10.9 Å². The van der Waals surface area contributed by atoms with Crippen LogP contribution in [0.2, 0.25) is 0 Å². The van der Waals surface area contributed by atoms with Gasteiger partial charge in [-0.1, -0.05) is 29.4 Å². The summed E-state index contributed by atoms with van der Waals surface area (Å²) < 4.78 is 0. The molecule has 0 aliphatic rings. The van der Waals surface area contributed by atoms with E-state index in [1.165, 1.54) is 17.3 Å². The first-order valence-corrected chi connectivity index (χ1v) is 6.18. The first-order valence-electron chi connectivity index (χ1n) is 6.18. The Balaban J connectivity index is 2.30. The van der Waals surface area contributed by atoms with Crippen LogP contribution < -0.4 is 10.6 Å². The van der Waals surface area contributed by atoms with Gasteiger partial charge in [0, 0.05) is 13.6 Å². The number of aryl methyl sites for hydroxylation is 1. The number of hydrogen-bond donors (Lipinski definition) is 2. The minimum absolute atomic E-state index is 0.0199. The van der Waals surface area contributed by atoms with Gasteiger partial charge in [0.1, 0.15) is 0 Å². The Hall–Kier alpha value is -2.63. The molecule has 0 spiro atoms. The van der Waals surface area contributed by atoms with Gasteiger partial charge in [-0.05, 0) is 24.1 Å². The molecule has 1 heterocycles. The zero-order valence-electron chi connectivity index (χ0n) is 11.5. The smallest absolute Gasteiger partial charge is 0.173 e. The molecule has 6 nitrogen and oxygen atoms in total. The van der Waals surface area contributed by atoms with Gasteiger partial charge in [0.05, 0.1) is 11.8 Å². The van der Waals surface area contributed by atoms with E-state index in [1.54, 1.807) is 6.07 Å². The predicted molar refractivity (Wildman–Crippen MR) is 77.8 cm³/mol. The Bertz CT molecular complexity index is 626. The highest BCUT2D eigenvalue weighted by Crippen LogP contribution is 2.18. The number of benzene rings is 1. The molecule has 0 aliphatic carbocycles. The van der Waals surface area contributed by atoms with Crippen molar-refractivity contribution < 1.29 is 5.21 Å². The highest BCUT2D eigenvalue weighted by molar-refractivity contribution is 6.01. The molecule has 0 atom stereocenters. The first-order chi connectivity index (χ1) is 9.63. The molecule has 20 heavy (non-hydrogen) atoms. The maximum Gasteiger partial charge on any atom is 0.173 e. The van der Waals surface area contributed by atoms with E-state index in [4.69, 9.17) is 10.9 Å². The van der Waals surface area contributed by atoms with Gasteiger partial charge in [0.25, 0.3) is 0 Å². The summed E-state index contributed by atoms with van der Waals surface area (Å²) in [4.78, 5) is 1.92. The third-order valence-electron chi connectivity index (χ3n) is 3.12. The lowest BCUT2D eigenvalue weighted by Gasteiger charge is -2.20.